The van der Waals surface area contributed by atoms with Gasteiger partial charge < -0.3 is 5.32 Å². The number of aromatic nitrogens is 1. The van der Waals surface area contributed by atoms with Crippen LogP contribution in [0.25, 0.3) is 0 Å². The molecule has 3 rings (SSSR count). The molecular formula is C21H17Cl2N2O2+. The fourth-order valence-electron chi connectivity index (χ4n) is 2.57. The number of amides is 1. The van der Waals surface area contributed by atoms with Gasteiger partial charge in [-0.05, 0) is 18.2 Å². The van der Waals surface area contributed by atoms with Gasteiger partial charge in [-0.3, -0.25) is 9.59 Å². The van der Waals surface area contributed by atoms with E-state index in [9.17, 15) is 9.59 Å². The van der Waals surface area contributed by atoms with Gasteiger partial charge in [-0.25, -0.2) is 0 Å². The third-order valence-electron chi connectivity index (χ3n) is 4.17. The number of hydrogen-bond acceptors (Lipinski definition) is 2. The van der Waals surface area contributed by atoms with E-state index < -0.39 is 6.04 Å². The van der Waals surface area contributed by atoms with Gasteiger partial charge in [-0.15, -0.1) is 0 Å². The lowest BCUT2D eigenvalue weighted by atomic mass is 10.0. The minimum absolute atomic E-state index is 0.0622. The first-order valence-corrected chi connectivity index (χ1v) is 9.08. The van der Waals surface area contributed by atoms with Crippen LogP contribution < -0.4 is 9.88 Å². The number of halogens is 2. The number of anilines is 1. The van der Waals surface area contributed by atoms with Crippen LogP contribution in [0.5, 0.6) is 0 Å². The predicted molar refractivity (Wildman–Crippen MR) is 106 cm³/mol. The van der Waals surface area contributed by atoms with E-state index >= 15 is 0 Å². The Morgan fingerprint density at radius 3 is 2.19 bits per heavy atom. The molecule has 3 aromatic rings. The van der Waals surface area contributed by atoms with Gasteiger partial charge in [0, 0.05) is 35.2 Å². The number of carbonyl (C=O) groups excluding carboxylic acids is 2. The highest BCUT2D eigenvalue weighted by Gasteiger charge is 2.23. The number of nitrogens with zero attached hydrogens (tertiary/aromatic N) is 1. The first kappa shape index (κ1) is 19.1. The van der Waals surface area contributed by atoms with Crippen LogP contribution in [0.4, 0.5) is 5.69 Å². The van der Waals surface area contributed by atoms with Crippen molar-refractivity contribution in [2.45, 2.75) is 13.0 Å². The number of benzene rings is 2. The Bertz CT molecular complexity index is 973. The molecular weight excluding hydrogens is 383 g/mol. The van der Waals surface area contributed by atoms with Crippen molar-refractivity contribution in [1.82, 2.24) is 0 Å². The quantitative estimate of drug-likeness (QED) is 0.498. The number of nitrogens with one attached hydrogen (secondary N) is 1. The van der Waals surface area contributed by atoms with Crippen molar-refractivity contribution >= 4 is 40.6 Å². The molecule has 1 heterocycles. The van der Waals surface area contributed by atoms with E-state index in [0.29, 0.717) is 26.9 Å². The fraction of sp³-hybridized carbons (Fsp3) is 0.0952. The van der Waals surface area contributed by atoms with Crippen LogP contribution in [0.15, 0.2) is 73.1 Å². The fourth-order valence-corrected chi connectivity index (χ4v) is 3.02. The van der Waals surface area contributed by atoms with Crippen molar-refractivity contribution < 1.29 is 14.2 Å². The monoisotopic (exact) mass is 399 g/mol. The molecule has 136 valence electrons. The molecule has 0 radical (unpaired) electrons. The molecule has 0 saturated heterocycles. The molecule has 0 aliphatic carbocycles. The van der Waals surface area contributed by atoms with Gasteiger partial charge in [0.25, 0.3) is 5.91 Å². The van der Waals surface area contributed by atoms with Crippen LogP contribution in [0.2, 0.25) is 10.0 Å². The average Bonchev–Trinajstić information content (AvgIpc) is 2.69. The summed E-state index contributed by atoms with van der Waals surface area (Å²) in [7, 11) is 0. The van der Waals surface area contributed by atoms with Crippen LogP contribution in [0.1, 0.15) is 28.9 Å². The maximum Gasteiger partial charge on any atom is 0.293 e. The highest BCUT2D eigenvalue weighted by atomic mass is 35.5. The van der Waals surface area contributed by atoms with E-state index in [-0.39, 0.29) is 11.7 Å². The van der Waals surface area contributed by atoms with Crippen LogP contribution in [-0.4, -0.2) is 11.7 Å². The minimum Gasteiger partial charge on any atom is -0.319 e. The van der Waals surface area contributed by atoms with Gasteiger partial charge in [0.05, 0.1) is 10.7 Å². The number of ketones is 1. The lowest BCUT2D eigenvalue weighted by molar-refractivity contribution is -0.705. The molecule has 4 nitrogen and oxygen atoms in total. The number of hydrogen-bond donors (Lipinski definition) is 1. The summed E-state index contributed by atoms with van der Waals surface area (Å²) in [5.41, 5.74) is 1.68. The number of pyridine rings is 1. The average molecular weight is 400 g/mol. The third-order valence-corrected chi connectivity index (χ3v) is 4.71. The summed E-state index contributed by atoms with van der Waals surface area (Å²) in [5, 5.41) is 3.65. The topological polar surface area (TPSA) is 50.1 Å². The predicted octanol–water partition coefficient (Wildman–Crippen LogP) is 4.71. The van der Waals surface area contributed by atoms with E-state index in [1.54, 1.807) is 66.3 Å². The number of carbonyl (C=O) groups is 2. The van der Waals surface area contributed by atoms with Crippen molar-refractivity contribution in [3.63, 3.8) is 0 Å². The zero-order valence-corrected chi connectivity index (χ0v) is 16.0. The maximum atomic E-state index is 12.5. The first-order valence-electron chi connectivity index (χ1n) is 8.32. The second-order valence-electron chi connectivity index (χ2n) is 6.02. The third kappa shape index (κ3) is 4.54. The molecule has 0 saturated carbocycles. The van der Waals surface area contributed by atoms with Crippen LogP contribution in [-0.2, 0) is 4.79 Å². The molecule has 27 heavy (non-hydrogen) atoms. The van der Waals surface area contributed by atoms with E-state index in [0.717, 1.165) is 0 Å². The van der Waals surface area contributed by atoms with Gasteiger partial charge in [0.2, 0.25) is 6.04 Å². The highest BCUT2D eigenvalue weighted by Crippen LogP contribution is 2.25. The zero-order valence-electron chi connectivity index (χ0n) is 14.5. The summed E-state index contributed by atoms with van der Waals surface area (Å²) in [6.45, 7) is 1.76. The molecule has 0 aliphatic rings. The Morgan fingerprint density at radius 1 is 0.926 bits per heavy atom. The molecule has 0 unspecified atom stereocenters. The van der Waals surface area contributed by atoms with Crippen molar-refractivity contribution in [1.29, 1.82) is 0 Å². The van der Waals surface area contributed by atoms with E-state index in [1.807, 2.05) is 18.2 Å². The van der Waals surface area contributed by atoms with Crippen LogP contribution >= 0.6 is 23.2 Å². The summed E-state index contributed by atoms with van der Waals surface area (Å²) in [5.74, 6) is -0.292. The summed E-state index contributed by atoms with van der Waals surface area (Å²) in [6, 6.07) is 16.9. The lowest BCUT2D eigenvalue weighted by Crippen LogP contribution is -2.44. The van der Waals surface area contributed by atoms with Crippen molar-refractivity contribution in [3.05, 3.63) is 94.2 Å². The Kier molecular flexibility index (Phi) is 5.89. The molecule has 1 aromatic heterocycles. The van der Waals surface area contributed by atoms with Crippen LogP contribution in [0, 0.1) is 0 Å². The van der Waals surface area contributed by atoms with Gasteiger partial charge >= 0.3 is 0 Å². The minimum atomic E-state index is -0.488. The standard InChI is InChI=1S/C21H16Cl2N2O2/c1-14(21(27)24-19-8-7-17(22)13-18(19)23)25-11-9-16(10-12-25)20(26)15-5-3-2-4-6-15/h2-14H,1H3/p+1/t14-/m0/s1. The number of rotatable bonds is 5. The van der Waals surface area contributed by atoms with Crippen molar-refractivity contribution in [3.8, 4) is 0 Å². The Morgan fingerprint density at radius 2 is 1.56 bits per heavy atom. The van der Waals surface area contributed by atoms with Gasteiger partial charge in [-0.2, -0.15) is 4.57 Å². The molecule has 1 N–H and O–H groups in total. The van der Waals surface area contributed by atoms with E-state index in [4.69, 9.17) is 23.2 Å². The normalized spacial score (nSPS) is 11.7. The van der Waals surface area contributed by atoms with Gasteiger partial charge in [-0.1, -0.05) is 53.5 Å². The lowest BCUT2D eigenvalue weighted by Gasteiger charge is -2.10. The smallest absolute Gasteiger partial charge is 0.293 e. The van der Waals surface area contributed by atoms with E-state index in [2.05, 4.69) is 5.32 Å². The molecule has 6 heteroatoms. The maximum absolute atomic E-state index is 12.5. The van der Waals surface area contributed by atoms with Gasteiger partial charge in [0.1, 0.15) is 0 Å². The molecule has 2 aromatic carbocycles. The molecule has 1 atom stereocenters. The summed E-state index contributed by atoms with van der Waals surface area (Å²) >= 11 is 12.0. The van der Waals surface area contributed by atoms with Crippen molar-refractivity contribution in [2.75, 3.05) is 5.32 Å². The Hall–Kier alpha value is -2.69. The zero-order chi connectivity index (χ0) is 19.4. The first-order chi connectivity index (χ1) is 13.0. The highest BCUT2D eigenvalue weighted by molar-refractivity contribution is 6.36. The van der Waals surface area contributed by atoms with E-state index in [1.165, 1.54) is 0 Å². The van der Waals surface area contributed by atoms with Crippen molar-refractivity contribution in [2.24, 2.45) is 0 Å². The Labute approximate surface area is 167 Å². The summed E-state index contributed by atoms with van der Waals surface area (Å²) in [6.07, 6.45) is 3.42. The summed E-state index contributed by atoms with van der Waals surface area (Å²) in [4.78, 5) is 25.0. The summed E-state index contributed by atoms with van der Waals surface area (Å²) < 4.78 is 1.72. The second-order valence-corrected chi connectivity index (χ2v) is 6.86. The van der Waals surface area contributed by atoms with Gasteiger partial charge in [0.15, 0.2) is 18.2 Å². The molecule has 0 fully saturated rings. The SMILES string of the molecule is C[C@@H](C(=O)Nc1ccc(Cl)cc1Cl)[n+]1ccc(C(=O)c2ccccc2)cc1. The second kappa shape index (κ2) is 8.33. The molecule has 0 aliphatic heterocycles. The largest absolute Gasteiger partial charge is 0.319 e. The molecule has 0 spiro atoms. The van der Waals surface area contributed by atoms with Crippen LogP contribution in [0.3, 0.4) is 0 Å². The molecule has 0 bridgehead atoms. The molecule has 1 amide bonds. The Balaban J connectivity index is 1.72.